The van der Waals surface area contributed by atoms with Gasteiger partial charge in [0, 0.05) is 25.8 Å². The Kier molecular flexibility index (Phi) is 4.96. The van der Waals surface area contributed by atoms with E-state index in [0.29, 0.717) is 6.20 Å². The minimum absolute atomic E-state index is 0.0494. The van der Waals surface area contributed by atoms with Gasteiger partial charge in [-0.05, 0) is 0 Å². The molecule has 12 heteroatoms. The summed E-state index contributed by atoms with van der Waals surface area (Å²) in [4.78, 5) is 6.87. The van der Waals surface area contributed by atoms with Crippen LogP contribution in [-0.2, 0) is 20.9 Å². The van der Waals surface area contributed by atoms with Crippen LogP contribution in [0.25, 0.3) is 0 Å². The highest BCUT2D eigenvalue weighted by atomic mass is 32.2. The van der Waals surface area contributed by atoms with Crippen LogP contribution in [0.4, 0.5) is 24.9 Å². The predicted molar refractivity (Wildman–Crippen MR) is 76.1 cm³/mol. The molecule has 23 heavy (non-hydrogen) atoms. The van der Waals surface area contributed by atoms with Gasteiger partial charge in [-0.25, -0.2) is 13.4 Å². The second kappa shape index (κ2) is 6.45. The molecule has 1 aliphatic heterocycles. The highest BCUT2D eigenvalue weighted by Crippen LogP contribution is 2.33. The molecule has 3 N–H and O–H groups in total. The van der Waals surface area contributed by atoms with Crippen LogP contribution < -0.4 is 11.1 Å². The molecular formula is C11H16F3N5O3S. The summed E-state index contributed by atoms with van der Waals surface area (Å²) < 4.78 is 68.2. The van der Waals surface area contributed by atoms with Crippen LogP contribution in [0.15, 0.2) is 6.20 Å². The maximum Gasteiger partial charge on any atom is 0.421 e. The van der Waals surface area contributed by atoms with E-state index in [0.717, 1.165) is 6.26 Å². The minimum atomic E-state index is -4.64. The molecule has 1 unspecified atom stereocenters. The number of nitrogens with two attached hydrogens (primary N) is 1. The molecule has 1 aliphatic rings. The van der Waals surface area contributed by atoms with Crippen LogP contribution in [0.3, 0.4) is 0 Å². The summed E-state index contributed by atoms with van der Waals surface area (Å²) in [5, 5.41) is 2.50. The van der Waals surface area contributed by atoms with Crippen LogP contribution in [0.2, 0.25) is 0 Å². The standard InChI is InChI=1S/C11H16F3N5O3S/c1-23(20,21)19-2-3-22-7(6-19)4-16-9-8(11(12,13)14)5-17-10(15)18-9/h5,7H,2-4,6H2,1H3,(H3,15,16,17,18). The summed E-state index contributed by atoms with van der Waals surface area (Å²) in [7, 11) is -3.38. The van der Waals surface area contributed by atoms with Gasteiger partial charge in [-0.1, -0.05) is 0 Å². The van der Waals surface area contributed by atoms with Crippen molar-refractivity contribution in [3.8, 4) is 0 Å². The second-order valence-electron chi connectivity index (χ2n) is 4.98. The number of nitrogens with one attached hydrogen (secondary N) is 1. The number of hydrogen-bond donors (Lipinski definition) is 2. The molecule has 0 aromatic carbocycles. The first-order chi connectivity index (χ1) is 10.6. The van der Waals surface area contributed by atoms with E-state index in [9.17, 15) is 21.6 Å². The van der Waals surface area contributed by atoms with Crippen molar-refractivity contribution < 1.29 is 26.3 Å². The van der Waals surface area contributed by atoms with Crippen LogP contribution in [0.5, 0.6) is 0 Å². The van der Waals surface area contributed by atoms with E-state index in [1.54, 1.807) is 0 Å². The first-order valence-corrected chi connectivity index (χ1v) is 8.42. The van der Waals surface area contributed by atoms with Gasteiger partial charge in [0.1, 0.15) is 11.4 Å². The molecule has 1 aromatic heterocycles. The monoisotopic (exact) mass is 355 g/mol. The average molecular weight is 355 g/mol. The van der Waals surface area contributed by atoms with E-state index in [2.05, 4.69) is 15.3 Å². The molecule has 0 radical (unpaired) electrons. The van der Waals surface area contributed by atoms with Gasteiger partial charge in [-0.2, -0.15) is 22.5 Å². The predicted octanol–water partition coefficient (Wildman–Crippen LogP) is 0.150. The van der Waals surface area contributed by atoms with Crippen LogP contribution in [0, 0.1) is 0 Å². The van der Waals surface area contributed by atoms with Gasteiger partial charge in [0.05, 0.1) is 19.0 Å². The fourth-order valence-corrected chi connectivity index (χ4v) is 2.91. The summed E-state index contributed by atoms with van der Waals surface area (Å²) in [5.41, 5.74) is 4.26. The van der Waals surface area contributed by atoms with Gasteiger partial charge in [-0.15, -0.1) is 0 Å². The van der Waals surface area contributed by atoms with Gasteiger partial charge in [-0.3, -0.25) is 0 Å². The molecule has 130 valence electrons. The third-order valence-corrected chi connectivity index (χ3v) is 4.45. The molecule has 1 atom stereocenters. The topological polar surface area (TPSA) is 110 Å². The molecule has 2 heterocycles. The SMILES string of the molecule is CS(=O)(=O)N1CCOC(CNc2nc(N)ncc2C(F)(F)F)C1. The molecule has 0 saturated carbocycles. The Labute approximate surface area is 130 Å². The second-order valence-corrected chi connectivity index (χ2v) is 6.97. The Bertz CT molecular complexity index is 667. The number of anilines is 2. The number of halogens is 3. The Hall–Kier alpha value is -1.66. The lowest BCUT2D eigenvalue weighted by molar-refractivity contribution is -0.137. The number of sulfonamides is 1. The number of aromatic nitrogens is 2. The van der Waals surface area contributed by atoms with E-state index >= 15 is 0 Å². The van der Waals surface area contributed by atoms with Gasteiger partial charge in [0.25, 0.3) is 0 Å². The molecule has 1 saturated heterocycles. The third-order valence-electron chi connectivity index (χ3n) is 3.18. The molecule has 0 spiro atoms. The van der Waals surface area contributed by atoms with Crippen LogP contribution >= 0.6 is 0 Å². The van der Waals surface area contributed by atoms with Crippen molar-refractivity contribution in [3.05, 3.63) is 11.8 Å². The van der Waals surface area contributed by atoms with Crippen molar-refractivity contribution in [1.29, 1.82) is 0 Å². The fraction of sp³-hybridized carbons (Fsp3) is 0.636. The zero-order valence-electron chi connectivity index (χ0n) is 12.2. The first kappa shape index (κ1) is 17.7. The van der Waals surface area contributed by atoms with Crippen molar-refractivity contribution >= 4 is 21.8 Å². The fourth-order valence-electron chi connectivity index (χ4n) is 2.07. The van der Waals surface area contributed by atoms with Gasteiger partial charge < -0.3 is 15.8 Å². The summed E-state index contributed by atoms with van der Waals surface area (Å²) >= 11 is 0. The highest BCUT2D eigenvalue weighted by molar-refractivity contribution is 7.88. The maximum atomic E-state index is 12.9. The van der Waals surface area contributed by atoms with E-state index in [1.165, 1.54) is 4.31 Å². The Balaban J connectivity index is 2.08. The van der Waals surface area contributed by atoms with E-state index in [4.69, 9.17) is 10.5 Å². The quantitative estimate of drug-likeness (QED) is 0.791. The summed E-state index contributed by atoms with van der Waals surface area (Å²) in [5.74, 6) is -0.770. The van der Waals surface area contributed by atoms with E-state index in [1.807, 2.05) is 0 Å². The average Bonchev–Trinajstić information content (AvgIpc) is 2.43. The Morgan fingerprint density at radius 2 is 2.22 bits per heavy atom. The zero-order chi connectivity index (χ0) is 17.3. The summed E-state index contributed by atoms with van der Waals surface area (Å²) in [6.45, 7) is 0.375. The molecule has 1 aromatic rings. The largest absolute Gasteiger partial charge is 0.421 e. The molecule has 0 amide bonds. The Morgan fingerprint density at radius 1 is 1.52 bits per heavy atom. The summed E-state index contributed by atoms with van der Waals surface area (Å²) in [6, 6.07) is 0. The lowest BCUT2D eigenvalue weighted by atomic mass is 10.2. The lowest BCUT2D eigenvalue weighted by Gasteiger charge is -2.31. The smallest absolute Gasteiger partial charge is 0.374 e. The normalized spacial score (nSPS) is 20.4. The number of nitrogens with zero attached hydrogens (tertiary/aromatic N) is 3. The Morgan fingerprint density at radius 3 is 2.83 bits per heavy atom. The number of nitrogen functional groups attached to an aromatic ring is 1. The number of hydrogen-bond acceptors (Lipinski definition) is 7. The molecule has 2 rings (SSSR count). The van der Waals surface area contributed by atoms with Gasteiger partial charge in [0.15, 0.2) is 0 Å². The minimum Gasteiger partial charge on any atom is -0.374 e. The molecule has 1 fully saturated rings. The molecule has 8 nitrogen and oxygen atoms in total. The van der Waals surface area contributed by atoms with Gasteiger partial charge in [0.2, 0.25) is 16.0 Å². The first-order valence-electron chi connectivity index (χ1n) is 6.57. The number of alkyl halides is 3. The highest BCUT2D eigenvalue weighted by Gasteiger charge is 2.35. The van der Waals surface area contributed by atoms with Crippen molar-refractivity contribution in [2.24, 2.45) is 0 Å². The lowest BCUT2D eigenvalue weighted by Crippen LogP contribution is -2.47. The summed E-state index contributed by atoms with van der Waals surface area (Å²) in [6.07, 6.45) is -3.58. The van der Waals surface area contributed by atoms with Crippen molar-refractivity contribution in [3.63, 3.8) is 0 Å². The molecule has 0 aliphatic carbocycles. The van der Waals surface area contributed by atoms with Crippen molar-refractivity contribution in [1.82, 2.24) is 14.3 Å². The van der Waals surface area contributed by atoms with E-state index in [-0.39, 0.29) is 32.2 Å². The number of rotatable bonds is 4. The van der Waals surface area contributed by atoms with Crippen molar-refractivity contribution in [2.45, 2.75) is 12.3 Å². The molecular weight excluding hydrogens is 339 g/mol. The van der Waals surface area contributed by atoms with Gasteiger partial charge >= 0.3 is 6.18 Å². The third kappa shape index (κ3) is 4.65. The maximum absolute atomic E-state index is 12.9. The molecule has 0 bridgehead atoms. The number of ether oxygens (including phenoxy) is 1. The van der Waals surface area contributed by atoms with Crippen LogP contribution in [-0.4, -0.2) is 61.3 Å². The van der Waals surface area contributed by atoms with Crippen molar-refractivity contribution in [2.75, 3.05) is 43.5 Å². The number of morpholine rings is 1. The van der Waals surface area contributed by atoms with E-state index < -0.39 is 33.7 Å². The zero-order valence-corrected chi connectivity index (χ0v) is 13.0. The van der Waals surface area contributed by atoms with Crippen LogP contribution in [0.1, 0.15) is 5.56 Å².